The lowest BCUT2D eigenvalue weighted by Crippen LogP contribution is -2.28. The molecule has 60 valence electrons. The lowest BCUT2D eigenvalue weighted by molar-refractivity contribution is 0.574. The van der Waals surface area contributed by atoms with Gasteiger partial charge in [-0.05, 0) is 13.0 Å². The topological polar surface area (TPSA) is 48.0 Å². The first-order valence-corrected chi connectivity index (χ1v) is 3.61. The lowest BCUT2D eigenvalue weighted by atomic mass is 10.3. The lowest BCUT2D eigenvalue weighted by Gasteiger charge is -2.06. The minimum absolute atomic E-state index is 0.00444. The van der Waals surface area contributed by atoms with Crippen LogP contribution in [-0.2, 0) is 6.54 Å². The fourth-order valence-corrected chi connectivity index (χ4v) is 0.922. The molecule has 0 aromatic carbocycles. The molecule has 0 aliphatic rings. The summed E-state index contributed by atoms with van der Waals surface area (Å²) >= 11 is 0. The Morgan fingerprint density at radius 2 is 2.36 bits per heavy atom. The summed E-state index contributed by atoms with van der Waals surface area (Å²) in [4.78, 5) is 11.1. The molecular weight excluding hydrogens is 140 g/mol. The molecule has 0 bridgehead atoms. The third-order valence-electron chi connectivity index (χ3n) is 1.38. The average molecular weight is 152 g/mol. The van der Waals surface area contributed by atoms with E-state index in [-0.39, 0.29) is 11.6 Å². The van der Waals surface area contributed by atoms with Gasteiger partial charge in [-0.1, -0.05) is 6.07 Å². The van der Waals surface area contributed by atoms with E-state index in [1.54, 1.807) is 16.8 Å². The van der Waals surface area contributed by atoms with E-state index in [9.17, 15) is 4.79 Å². The number of hydrogen-bond acceptors (Lipinski definition) is 2. The summed E-state index contributed by atoms with van der Waals surface area (Å²) in [5.41, 5.74) is 5.54. The highest BCUT2D eigenvalue weighted by molar-refractivity contribution is 4.93. The molecule has 1 aromatic heterocycles. The van der Waals surface area contributed by atoms with Crippen LogP contribution in [0.15, 0.2) is 29.2 Å². The maximum Gasteiger partial charge on any atom is 0.250 e. The zero-order chi connectivity index (χ0) is 8.27. The Bertz CT molecular complexity index is 277. The van der Waals surface area contributed by atoms with E-state index in [1.807, 2.05) is 13.0 Å². The molecule has 0 aliphatic heterocycles. The van der Waals surface area contributed by atoms with Crippen molar-refractivity contribution in [3.63, 3.8) is 0 Å². The van der Waals surface area contributed by atoms with Crippen LogP contribution in [0.2, 0.25) is 0 Å². The zero-order valence-corrected chi connectivity index (χ0v) is 6.53. The van der Waals surface area contributed by atoms with Crippen molar-refractivity contribution in [1.29, 1.82) is 0 Å². The van der Waals surface area contributed by atoms with Crippen molar-refractivity contribution in [2.24, 2.45) is 5.73 Å². The summed E-state index contributed by atoms with van der Waals surface area (Å²) in [6.07, 6.45) is 1.74. The van der Waals surface area contributed by atoms with Crippen molar-refractivity contribution >= 4 is 0 Å². The van der Waals surface area contributed by atoms with Crippen molar-refractivity contribution in [2.45, 2.75) is 19.5 Å². The molecule has 1 heterocycles. The third-order valence-corrected chi connectivity index (χ3v) is 1.38. The average Bonchev–Trinajstić information content (AvgIpc) is 1.93. The second-order valence-corrected chi connectivity index (χ2v) is 2.67. The Balaban J connectivity index is 2.87. The Kier molecular flexibility index (Phi) is 2.44. The van der Waals surface area contributed by atoms with Crippen LogP contribution in [0.1, 0.15) is 6.92 Å². The van der Waals surface area contributed by atoms with E-state index in [1.165, 1.54) is 6.07 Å². The van der Waals surface area contributed by atoms with Crippen LogP contribution in [0.5, 0.6) is 0 Å². The summed E-state index contributed by atoms with van der Waals surface area (Å²) in [6.45, 7) is 2.46. The van der Waals surface area contributed by atoms with E-state index in [4.69, 9.17) is 5.73 Å². The Morgan fingerprint density at radius 1 is 1.64 bits per heavy atom. The van der Waals surface area contributed by atoms with Crippen molar-refractivity contribution in [3.8, 4) is 0 Å². The van der Waals surface area contributed by atoms with Gasteiger partial charge in [-0.25, -0.2) is 0 Å². The Labute approximate surface area is 65.5 Å². The first kappa shape index (κ1) is 8.01. The fraction of sp³-hybridized carbons (Fsp3) is 0.375. The van der Waals surface area contributed by atoms with Gasteiger partial charge in [0, 0.05) is 24.8 Å². The van der Waals surface area contributed by atoms with Crippen molar-refractivity contribution in [3.05, 3.63) is 34.7 Å². The minimum atomic E-state index is 0.00444. The summed E-state index contributed by atoms with van der Waals surface area (Å²) in [5.74, 6) is 0. The van der Waals surface area contributed by atoms with Crippen LogP contribution in [0.4, 0.5) is 0 Å². The highest BCUT2D eigenvalue weighted by Gasteiger charge is 1.96. The molecule has 11 heavy (non-hydrogen) atoms. The Hall–Kier alpha value is -1.09. The van der Waals surface area contributed by atoms with Gasteiger partial charge in [0.2, 0.25) is 0 Å². The summed E-state index contributed by atoms with van der Waals surface area (Å²) in [5, 5.41) is 0. The molecule has 1 atom stereocenters. The maximum absolute atomic E-state index is 11.1. The van der Waals surface area contributed by atoms with Crippen LogP contribution < -0.4 is 11.3 Å². The van der Waals surface area contributed by atoms with Crippen LogP contribution in [0.25, 0.3) is 0 Å². The summed E-state index contributed by atoms with van der Waals surface area (Å²) in [6, 6.07) is 5.10. The van der Waals surface area contributed by atoms with Crippen molar-refractivity contribution in [2.75, 3.05) is 0 Å². The van der Waals surface area contributed by atoms with Gasteiger partial charge in [0.05, 0.1) is 0 Å². The van der Waals surface area contributed by atoms with Gasteiger partial charge in [0.1, 0.15) is 0 Å². The van der Waals surface area contributed by atoms with Gasteiger partial charge in [-0.3, -0.25) is 4.79 Å². The van der Waals surface area contributed by atoms with Crippen LogP contribution in [0, 0.1) is 0 Å². The normalized spacial score (nSPS) is 12.9. The van der Waals surface area contributed by atoms with Crippen molar-refractivity contribution in [1.82, 2.24) is 4.57 Å². The smallest absolute Gasteiger partial charge is 0.250 e. The molecule has 0 radical (unpaired) electrons. The molecule has 0 amide bonds. The molecule has 3 nitrogen and oxygen atoms in total. The van der Waals surface area contributed by atoms with Crippen LogP contribution in [0.3, 0.4) is 0 Å². The SMILES string of the molecule is C[C@@H](N)Cn1ccccc1=O. The fourth-order valence-electron chi connectivity index (χ4n) is 0.922. The predicted molar refractivity (Wildman–Crippen MR) is 44.4 cm³/mol. The number of hydrogen-bond donors (Lipinski definition) is 1. The highest BCUT2D eigenvalue weighted by Crippen LogP contribution is 1.84. The molecule has 0 saturated heterocycles. The van der Waals surface area contributed by atoms with Gasteiger partial charge in [-0.2, -0.15) is 0 Å². The second kappa shape index (κ2) is 3.34. The second-order valence-electron chi connectivity index (χ2n) is 2.67. The first-order chi connectivity index (χ1) is 5.20. The maximum atomic E-state index is 11.1. The zero-order valence-electron chi connectivity index (χ0n) is 6.53. The van der Waals surface area contributed by atoms with E-state index >= 15 is 0 Å². The molecule has 1 rings (SSSR count). The van der Waals surface area contributed by atoms with E-state index in [0.717, 1.165) is 0 Å². The predicted octanol–water partition coefficient (Wildman–Crippen LogP) is 0.195. The third kappa shape index (κ3) is 2.20. The largest absolute Gasteiger partial charge is 0.326 e. The molecule has 0 spiro atoms. The van der Waals surface area contributed by atoms with Crippen LogP contribution in [-0.4, -0.2) is 10.6 Å². The summed E-state index contributed by atoms with van der Waals surface area (Å²) in [7, 11) is 0. The number of nitrogens with zero attached hydrogens (tertiary/aromatic N) is 1. The standard InChI is InChI=1S/C8H12N2O/c1-7(9)6-10-5-3-2-4-8(10)11/h2-5,7H,6,9H2,1H3/t7-/m1/s1. The monoisotopic (exact) mass is 152 g/mol. The molecule has 2 N–H and O–H groups in total. The van der Waals surface area contributed by atoms with E-state index < -0.39 is 0 Å². The molecule has 0 aliphatic carbocycles. The quantitative estimate of drug-likeness (QED) is 0.658. The number of aromatic nitrogens is 1. The van der Waals surface area contributed by atoms with Gasteiger partial charge >= 0.3 is 0 Å². The van der Waals surface area contributed by atoms with Gasteiger partial charge in [0.25, 0.3) is 5.56 Å². The highest BCUT2D eigenvalue weighted by atomic mass is 16.1. The van der Waals surface area contributed by atoms with Crippen LogP contribution >= 0.6 is 0 Å². The van der Waals surface area contributed by atoms with Gasteiger partial charge < -0.3 is 10.3 Å². The van der Waals surface area contributed by atoms with Crippen molar-refractivity contribution < 1.29 is 0 Å². The Morgan fingerprint density at radius 3 is 2.91 bits per heavy atom. The number of pyridine rings is 1. The molecule has 1 aromatic rings. The van der Waals surface area contributed by atoms with Gasteiger partial charge in [-0.15, -0.1) is 0 Å². The first-order valence-electron chi connectivity index (χ1n) is 3.61. The van der Waals surface area contributed by atoms with E-state index in [0.29, 0.717) is 6.54 Å². The number of nitrogens with two attached hydrogens (primary N) is 1. The molecule has 0 fully saturated rings. The molecule has 3 heteroatoms. The minimum Gasteiger partial charge on any atom is -0.326 e. The number of rotatable bonds is 2. The molecule has 0 unspecified atom stereocenters. The van der Waals surface area contributed by atoms with E-state index in [2.05, 4.69) is 0 Å². The molecule has 0 saturated carbocycles. The molecular formula is C8H12N2O. The summed E-state index contributed by atoms with van der Waals surface area (Å²) < 4.78 is 1.60. The van der Waals surface area contributed by atoms with Gasteiger partial charge in [0.15, 0.2) is 0 Å².